The monoisotopic (exact) mass is 594 g/mol. The van der Waals surface area contributed by atoms with E-state index in [4.69, 9.17) is 0 Å². The van der Waals surface area contributed by atoms with Gasteiger partial charge in [-0.3, -0.25) is 0 Å². The molecule has 2 nitrogen and oxygen atoms in total. The van der Waals surface area contributed by atoms with Gasteiger partial charge in [0.15, 0.2) is 0 Å². The molecule has 0 radical (unpaired) electrons. The van der Waals surface area contributed by atoms with Crippen LogP contribution in [0.4, 0.5) is 0 Å². The van der Waals surface area contributed by atoms with E-state index in [0.29, 0.717) is 0 Å². The third-order valence-corrected chi connectivity index (χ3v) is 12.9. The van der Waals surface area contributed by atoms with Gasteiger partial charge in [-0.2, -0.15) is 0 Å². The molecule has 1 N–H and O–H groups in total. The normalized spacial score (nSPS) is 12.4. The third kappa shape index (κ3) is 3.91. The Balaban J connectivity index is 1.36. The minimum absolute atomic E-state index is 1.16. The molecule has 214 valence electrons. The fourth-order valence-corrected chi connectivity index (χ4v) is 11.0. The predicted molar refractivity (Wildman–Crippen MR) is 190 cm³/mol. The van der Waals surface area contributed by atoms with E-state index in [9.17, 15) is 0 Å². The molecule has 0 aliphatic heterocycles. The smallest absolute Gasteiger partial charge is 0.0541 e. The molecule has 2 aromatic heterocycles. The molecule has 0 bridgehead atoms. The van der Waals surface area contributed by atoms with Crippen molar-refractivity contribution in [2.75, 3.05) is 0 Å². The largest absolute Gasteiger partial charge is 0.355 e. The summed E-state index contributed by atoms with van der Waals surface area (Å²) in [6.07, 6.45) is 0. The first kappa shape index (κ1) is 25.9. The van der Waals surface area contributed by atoms with Gasteiger partial charge < -0.3 is 9.55 Å². The van der Waals surface area contributed by atoms with E-state index in [2.05, 4.69) is 185 Å². The number of aromatic amines is 1. The van der Waals surface area contributed by atoms with E-state index in [1.165, 1.54) is 63.4 Å². The van der Waals surface area contributed by atoms with Crippen molar-refractivity contribution in [3.05, 3.63) is 176 Å². The molecule has 9 aromatic rings. The lowest BCUT2D eigenvalue weighted by molar-refractivity contribution is 1.18. The highest BCUT2D eigenvalue weighted by molar-refractivity contribution is 8.34. The Morgan fingerprint density at radius 1 is 0.356 bits per heavy atom. The van der Waals surface area contributed by atoms with Gasteiger partial charge in [0.25, 0.3) is 0 Å². The van der Waals surface area contributed by atoms with Crippen LogP contribution in [-0.2, 0) is 0 Å². The van der Waals surface area contributed by atoms with Crippen molar-refractivity contribution in [1.29, 1.82) is 0 Å². The number of nitrogens with zero attached hydrogens (tertiary/aromatic N) is 1. The van der Waals surface area contributed by atoms with Crippen LogP contribution in [0.2, 0.25) is 0 Å². The summed E-state index contributed by atoms with van der Waals surface area (Å²) in [7, 11) is -1.79. The van der Waals surface area contributed by atoms with Crippen molar-refractivity contribution < 1.29 is 0 Å². The highest BCUT2D eigenvalue weighted by Crippen LogP contribution is 2.73. The zero-order valence-corrected chi connectivity index (χ0v) is 25.4. The van der Waals surface area contributed by atoms with Crippen LogP contribution in [-0.4, -0.2) is 9.55 Å². The van der Waals surface area contributed by atoms with Crippen LogP contribution in [0.3, 0.4) is 0 Å². The van der Waals surface area contributed by atoms with Crippen LogP contribution in [0.15, 0.2) is 196 Å². The Bertz CT molecular complexity index is 2380. The molecule has 0 amide bonds. The quantitative estimate of drug-likeness (QED) is 0.205. The first-order valence-electron chi connectivity index (χ1n) is 15.4. The molecule has 7 aromatic carbocycles. The summed E-state index contributed by atoms with van der Waals surface area (Å²) in [6.45, 7) is 0. The van der Waals surface area contributed by atoms with Gasteiger partial charge in [0.1, 0.15) is 0 Å². The van der Waals surface area contributed by atoms with Gasteiger partial charge in [-0.25, -0.2) is 0 Å². The molecule has 0 spiro atoms. The molecule has 0 atom stereocenters. The Morgan fingerprint density at radius 3 is 1.56 bits per heavy atom. The molecule has 0 unspecified atom stereocenters. The van der Waals surface area contributed by atoms with Gasteiger partial charge in [-0.15, -0.1) is 10.0 Å². The highest BCUT2D eigenvalue weighted by atomic mass is 32.3. The summed E-state index contributed by atoms with van der Waals surface area (Å²) >= 11 is 0. The highest BCUT2D eigenvalue weighted by Gasteiger charge is 2.33. The Labute approximate surface area is 263 Å². The van der Waals surface area contributed by atoms with Crippen LogP contribution >= 0.6 is 10.0 Å². The number of fused-ring (bicyclic) bond motifs is 6. The fourth-order valence-electron chi connectivity index (χ4n) is 7.09. The molecule has 3 heteroatoms. The lowest BCUT2D eigenvalue weighted by Gasteiger charge is -2.42. The second kappa shape index (κ2) is 10.3. The zero-order valence-electron chi connectivity index (χ0n) is 24.6. The number of hydrogen-bond acceptors (Lipinski definition) is 0. The minimum Gasteiger partial charge on any atom is -0.355 e. The average molecular weight is 595 g/mol. The van der Waals surface area contributed by atoms with E-state index >= 15 is 0 Å². The summed E-state index contributed by atoms with van der Waals surface area (Å²) in [4.78, 5) is 8.90. The Morgan fingerprint density at radius 2 is 0.889 bits per heavy atom. The van der Waals surface area contributed by atoms with E-state index in [1.54, 1.807) is 0 Å². The molecule has 0 fully saturated rings. The molecule has 0 aliphatic rings. The van der Waals surface area contributed by atoms with Crippen molar-refractivity contribution >= 4 is 53.6 Å². The number of benzene rings is 7. The molecular formula is C42H30N2S. The van der Waals surface area contributed by atoms with Crippen molar-refractivity contribution in [3.8, 4) is 5.69 Å². The summed E-state index contributed by atoms with van der Waals surface area (Å²) in [5, 5.41) is 5.02. The van der Waals surface area contributed by atoms with Crippen molar-refractivity contribution in [1.82, 2.24) is 9.55 Å². The van der Waals surface area contributed by atoms with Crippen LogP contribution in [0, 0.1) is 0 Å². The second-order valence-corrected chi connectivity index (χ2v) is 14.6. The van der Waals surface area contributed by atoms with Crippen molar-refractivity contribution in [2.45, 2.75) is 19.6 Å². The van der Waals surface area contributed by atoms with Gasteiger partial charge in [0.2, 0.25) is 0 Å². The number of rotatable bonds is 5. The summed E-state index contributed by atoms with van der Waals surface area (Å²) in [5.41, 5.74) is 5.91. The third-order valence-electron chi connectivity index (χ3n) is 9.04. The number of aromatic nitrogens is 2. The molecule has 2 heterocycles. The van der Waals surface area contributed by atoms with Crippen LogP contribution in [0.25, 0.3) is 49.3 Å². The standard InChI is InChI=1S/C42H30N2S/c1-4-14-31(15-5-1)45(32-16-6-2-7-17-32,33-18-8-3-9-19-33)34-25-27-42-38(29-34)36-21-11-13-23-41(36)44(42)30-24-26-40-37(28-30)35-20-10-12-22-39(35)43-40/h1-29,43H. The van der Waals surface area contributed by atoms with E-state index in [1.807, 2.05) is 0 Å². The maximum Gasteiger partial charge on any atom is 0.0541 e. The van der Waals surface area contributed by atoms with E-state index in [-0.39, 0.29) is 0 Å². The first-order chi connectivity index (χ1) is 22.3. The number of H-pyrrole nitrogens is 1. The number of hydrogen-bond donors (Lipinski definition) is 1. The maximum absolute atomic E-state index is 3.59. The average Bonchev–Trinajstić information content (AvgIpc) is 3.65. The Kier molecular flexibility index (Phi) is 5.93. The minimum atomic E-state index is -1.79. The summed E-state index contributed by atoms with van der Waals surface area (Å²) in [6, 6.07) is 64.6. The summed E-state index contributed by atoms with van der Waals surface area (Å²) < 4.78 is 2.43. The molecule has 9 rings (SSSR count). The lowest BCUT2D eigenvalue weighted by atomic mass is 10.1. The maximum atomic E-state index is 3.59. The topological polar surface area (TPSA) is 20.7 Å². The number of nitrogens with one attached hydrogen (secondary N) is 1. The fraction of sp³-hybridized carbons (Fsp3) is 0. The van der Waals surface area contributed by atoms with Crippen molar-refractivity contribution in [3.63, 3.8) is 0 Å². The molecule has 0 saturated heterocycles. The number of para-hydroxylation sites is 2. The van der Waals surface area contributed by atoms with E-state index in [0.717, 1.165) is 5.52 Å². The molecule has 0 aliphatic carbocycles. The first-order valence-corrected chi connectivity index (χ1v) is 17.0. The van der Waals surface area contributed by atoms with Crippen LogP contribution in [0.1, 0.15) is 0 Å². The van der Waals surface area contributed by atoms with Gasteiger partial charge >= 0.3 is 0 Å². The van der Waals surface area contributed by atoms with Gasteiger partial charge in [0.05, 0.1) is 11.0 Å². The Hall–Kier alpha value is -5.51. The van der Waals surface area contributed by atoms with Gasteiger partial charge in [-0.05, 0) is 84.9 Å². The molecule has 45 heavy (non-hydrogen) atoms. The lowest BCUT2D eigenvalue weighted by Crippen LogP contribution is -2.05. The molecule has 0 saturated carbocycles. The predicted octanol–water partition coefficient (Wildman–Crippen LogP) is 11.8. The van der Waals surface area contributed by atoms with Crippen LogP contribution in [0.5, 0.6) is 0 Å². The van der Waals surface area contributed by atoms with Crippen molar-refractivity contribution in [2.24, 2.45) is 0 Å². The van der Waals surface area contributed by atoms with Gasteiger partial charge in [0, 0.05) is 57.8 Å². The summed E-state index contributed by atoms with van der Waals surface area (Å²) in [5.74, 6) is 0. The van der Waals surface area contributed by atoms with Gasteiger partial charge in [-0.1, -0.05) is 91.0 Å². The SMILES string of the molecule is c1ccc(S(c2ccccc2)(c2ccccc2)c2ccc3c(c2)c2ccccc2n3-c2ccc3[nH]c4ccccc4c3c2)cc1. The zero-order chi connectivity index (χ0) is 29.8. The molecular weight excluding hydrogens is 565 g/mol. The van der Waals surface area contributed by atoms with E-state index < -0.39 is 10.0 Å². The second-order valence-electron chi connectivity index (χ2n) is 11.5. The van der Waals surface area contributed by atoms with Crippen LogP contribution < -0.4 is 0 Å².